The Kier molecular flexibility index (Phi) is 3.89. The van der Waals surface area contributed by atoms with Crippen molar-refractivity contribution in [2.75, 3.05) is 6.61 Å². The number of halogens is 5. The minimum absolute atomic E-state index is 0.236. The van der Waals surface area contributed by atoms with E-state index in [1.165, 1.54) is 0 Å². The highest BCUT2D eigenvalue weighted by molar-refractivity contribution is 9.10. The first-order chi connectivity index (χ1) is 7.34. The van der Waals surface area contributed by atoms with E-state index in [0.717, 1.165) is 6.33 Å². The molecular formula is C7H5BrF4N2O2. The number of nitrogens with one attached hydrogen (secondary N) is 1. The summed E-state index contributed by atoms with van der Waals surface area (Å²) in [6.07, 6.45) is -2.93. The van der Waals surface area contributed by atoms with Gasteiger partial charge in [0.2, 0.25) is 5.88 Å². The third-order valence-corrected chi connectivity index (χ3v) is 2.18. The van der Waals surface area contributed by atoms with Crippen molar-refractivity contribution in [3.8, 4) is 5.88 Å². The third-order valence-electron chi connectivity index (χ3n) is 1.49. The molecule has 1 heterocycles. The van der Waals surface area contributed by atoms with Crippen LogP contribution >= 0.6 is 15.9 Å². The van der Waals surface area contributed by atoms with E-state index in [0.29, 0.717) is 0 Å². The van der Waals surface area contributed by atoms with Crippen LogP contribution in [0.5, 0.6) is 5.88 Å². The lowest BCUT2D eigenvalue weighted by molar-refractivity contribution is -0.148. The number of alkyl halides is 4. The van der Waals surface area contributed by atoms with Crippen molar-refractivity contribution < 1.29 is 22.3 Å². The second kappa shape index (κ2) is 4.81. The summed E-state index contributed by atoms with van der Waals surface area (Å²) in [5, 5.41) is 0. The highest BCUT2D eigenvalue weighted by Gasteiger charge is 2.42. The molecule has 0 aliphatic rings. The van der Waals surface area contributed by atoms with E-state index in [9.17, 15) is 22.4 Å². The van der Waals surface area contributed by atoms with Crippen molar-refractivity contribution in [2.45, 2.75) is 12.3 Å². The van der Waals surface area contributed by atoms with Crippen LogP contribution in [0.1, 0.15) is 0 Å². The monoisotopic (exact) mass is 304 g/mol. The van der Waals surface area contributed by atoms with Crippen LogP contribution in [-0.2, 0) is 0 Å². The van der Waals surface area contributed by atoms with E-state index in [2.05, 4.69) is 30.6 Å². The first kappa shape index (κ1) is 12.9. The van der Waals surface area contributed by atoms with Crippen LogP contribution in [0, 0.1) is 0 Å². The number of hydrogen-bond donors (Lipinski definition) is 1. The zero-order valence-corrected chi connectivity index (χ0v) is 9.10. The molecule has 4 nitrogen and oxygen atoms in total. The summed E-state index contributed by atoms with van der Waals surface area (Å²) in [5.74, 6) is -4.76. The molecule has 0 spiro atoms. The lowest BCUT2D eigenvalue weighted by atomic mass is 10.4. The van der Waals surface area contributed by atoms with Gasteiger partial charge in [-0.15, -0.1) is 0 Å². The molecule has 0 saturated carbocycles. The van der Waals surface area contributed by atoms with Crippen LogP contribution < -0.4 is 10.3 Å². The third kappa shape index (κ3) is 2.94. The standard InChI is InChI=1S/C7H5BrF4N2O2/c8-3-4(15)13-2-14-5(3)16-1-7(11,12)6(9)10/h2,6H,1H2,(H,13,14,15). The summed E-state index contributed by atoms with van der Waals surface area (Å²) >= 11 is 2.72. The van der Waals surface area contributed by atoms with Crippen molar-refractivity contribution in [2.24, 2.45) is 0 Å². The molecule has 0 amide bonds. The lowest BCUT2D eigenvalue weighted by Gasteiger charge is -2.15. The number of hydrogen-bond acceptors (Lipinski definition) is 3. The first-order valence-electron chi connectivity index (χ1n) is 3.86. The predicted octanol–water partition coefficient (Wildman–Crippen LogP) is 1.81. The molecule has 16 heavy (non-hydrogen) atoms. The first-order valence-corrected chi connectivity index (χ1v) is 4.66. The summed E-state index contributed by atoms with van der Waals surface area (Å²) in [5.41, 5.74) is -0.662. The molecular weight excluding hydrogens is 300 g/mol. The van der Waals surface area contributed by atoms with Gasteiger partial charge >= 0.3 is 12.3 Å². The second-order valence-electron chi connectivity index (χ2n) is 2.70. The fourth-order valence-electron chi connectivity index (χ4n) is 0.695. The molecule has 0 aromatic carbocycles. The van der Waals surface area contributed by atoms with E-state index in [1.807, 2.05) is 0 Å². The van der Waals surface area contributed by atoms with E-state index in [1.54, 1.807) is 0 Å². The fraction of sp³-hybridized carbons (Fsp3) is 0.429. The van der Waals surface area contributed by atoms with Gasteiger partial charge in [0, 0.05) is 0 Å². The van der Waals surface area contributed by atoms with Gasteiger partial charge in [-0.25, -0.2) is 13.8 Å². The van der Waals surface area contributed by atoms with Gasteiger partial charge < -0.3 is 9.72 Å². The van der Waals surface area contributed by atoms with Gasteiger partial charge in [-0.1, -0.05) is 0 Å². The second-order valence-corrected chi connectivity index (χ2v) is 3.49. The van der Waals surface area contributed by atoms with E-state index < -0.39 is 30.4 Å². The minimum atomic E-state index is -4.29. The highest BCUT2D eigenvalue weighted by atomic mass is 79.9. The number of nitrogens with zero attached hydrogens (tertiary/aromatic N) is 1. The Hall–Kier alpha value is -1.12. The number of ether oxygens (including phenoxy) is 1. The summed E-state index contributed by atoms with van der Waals surface area (Å²) < 4.78 is 52.6. The molecule has 0 unspecified atom stereocenters. The molecule has 0 fully saturated rings. The Bertz CT molecular complexity index is 423. The molecule has 0 bridgehead atoms. The molecule has 9 heteroatoms. The number of aromatic amines is 1. The minimum Gasteiger partial charge on any atom is -0.470 e. The maximum Gasteiger partial charge on any atom is 0.340 e. The maximum atomic E-state index is 12.5. The molecule has 0 radical (unpaired) electrons. The summed E-state index contributed by atoms with van der Waals surface area (Å²) in [6.45, 7) is -1.56. The number of aromatic nitrogens is 2. The smallest absolute Gasteiger partial charge is 0.340 e. The topological polar surface area (TPSA) is 55.0 Å². The van der Waals surface area contributed by atoms with Gasteiger partial charge in [0.25, 0.3) is 5.56 Å². The summed E-state index contributed by atoms with van der Waals surface area (Å²) in [6, 6.07) is 0. The van der Waals surface area contributed by atoms with Gasteiger partial charge in [0.1, 0.15) is 4.47 Å². The SMILES string of the molecule is O=c1[nH]cnc(OCC(F)(F)C(F)F)c1Br. The number of H-pyrrole nitrogens is 1. The Balaban J connectivity index is 2.76. The van der Waals surface area contributed by atoms with Gasteiger partial charge in [0.05, 0.1) is 6.33 Å². The van der Waals surface area contributed by atoms with Gasteiger partial charge in [0.15, 0.2) is 6.61 Å². The van der Waals surface area contributed by atoms with Crippen molar-refractivity contribution in [3.05, 3.63) is 21.2 Å². The largest absolute Gasteiger partial charge is 0.470 e. The van der Waals surface area contributed by atoms with Crippen LogP contribution in [0.3, 0.4) is 0 Å². The molecule has 0 aliphatic heterocycles. The molecule has 0 saturated heterocycles. The van der Waals surface area contributed by atoms with Gasteiger partial charge in [-0.3, -0.25) is 4.79 Å². The van der Waals surface area contributed by atoms with Crippen molar-refractivity contribution in [3.63, 3.8) is 0 Å². The number of rotatable bonds is 4. The fourth-order valence-corrected chi connectivity index (χ4v) is 1.03. The van der Waals surface area contributed by atoms with E-state index in [-0.39, 0.29) is 4.47 Å². The summed E-state index contributed by atoms with van der Waals surface area (Å²) in [4.78, 5) is 16.5. The van der Waals surface area contributed by atoms with Crippen LogP contribution in [0.15, 0.2) is 15.6 Å². The maximum absolute atomic E-state index is 12.5. The van der Waals surface area contributed by atoms with Crippen molar-refractivity contribution >= 4 is 15.9 Å². The Labute approximate surface area is 94.8 Å². The molecule has 1 aromatic rings. The molecule has 0 aliphatic carbocycles. The Morgan fingerprint density at radius 3 is 2.75 bits per heavy atom. The molecule has 0 atom stereocenters. The normalized spacial score (nSPS) is 11.9. The zero-order valence-electron chi connectivity index (χ0n) is 7.52. The van der Waals surface area contributed by atoms with Crippen LogP contribution in [0.25, 0.3) is 0 Å². The Morgan fingerprint density at radius 2 is 2.19 bits per heavy atom. The molecule has 90 valence electrons. The van der Waals surface area contributed by atoms with E-state index >= 15 is 0 Å². The zero-order chi connectivity index (χ0) is 12.3. The molecule has 1 aromatic heterocycles. The van der Waals surface area contributed by atoms with Crippen LogP contribution in [0.2, 0.25) is 0 Å². The molecule has 1 N–H and O–H groups in total. The lowest BCUT2D eigenvalue weighted by Crippen LogP contribution is -2.34. The summed E-state index contributed by atoms with van der Waals surface area (Å²) in [7, 11) is 0. The quantitative estimate of drug-likeness (QED) is 0.863. The average molecular weight is 305 g/mol. The van der Waals surface area contributed by atoms with Crippen LogP contribution in [0.4, 0.5) is 17.6 Å². The average Bonchev–Trinajstić information content (AvgIpc) is 2.20. The predicted molar refractivity (Wildman–Crippen MR) is 49.0 cm³/mol. The van der Waals surface area contributed by atoms with Crippen molar-refractivity contribution in [1.82, 2.24) is 9.97 Å². The Morgan fingerprint density at radius 1 is 1.56 bits per heavy atom. The van der Waals surface area contributed by atoms with Crippen LogP contribution in [-0.4, -0.2) is 28.9 Å². The van der Waals surface area contributed by atoms with Crippen molar-refractivity contribution in [1.29, 1.82) is 0 Å². The molecule has 1 rings (SSSR count). The highest BCUT2D eigenvalue weighted by Crippen LogP contribution is 2.25. The van der Waals surface area contributed by atoms with Gasteiger partial charge in [-0.2, -0.15) is 8.78 Å². The van der Waals surface area contributed by atoms with Gasteiger partial charge in [-0.05, 0) is 15.9 Å². The van der Waals surface area contributed by atoms with E-state index in [4.69, 9.17) is 0 Å².